The van der Waals surface area contributed by atoms with E-state index < -0.39 is 0 Å². The molecule has 1 saturated carbocycles. The van der Waals surface area contributed by atoms with Crippen molar-refractivity contribution in [3.63, 3.8) is 0 Å². The fraction of sp³-hybridized carbons (Fsp3) is 0.462. The van der Waals surface area contributed by atoms with Gasteiger partial charge in [0, 0.05) is 29.2 Å². The van der Waals surface area contributed by atoms with Gasteiger partial charge in [0.2, 0.25) is 0 Å². The second-order valence-corrected chi connectivity index (χ2v) is 5.92. The van der Waals surface area contributed by atoms with Gasteiger partial charge in [0.05, 0.1) is 0 Å². The lowest BCUT2D eigenvalue weighted by atomic mass is 10.1. The molecule has 17 heavy (non-hydrogen) atoms. The number of piperidine rings is 1. The standard InChI is InChI=1S/C13H15BrN2O/c1-7-2-8(4-9(14)3-7)13(17)16-12-10-5-15-6-11(10)12/h2-4,10-12,15H,5-6H2,1H3,(H,16,17). The summed E-state index contributed by atoms with van der Waals surface area (Å²) in [4.78, 5) is 12.1. The van der Waals surface area contributed by atoms with Gasteiger partial charge < -0.3 is 10.6 Å². The van der Waals surface area contributed by atoms with Gasteiger partial charge >= 0.3 is 0 Å². The molecule has 0 radical (unpaired) electrons. The Labute approximate surface area is 109 Å². The normalized spacial score (nSPS) is 29.9. The molecule has 1 heterocycles. The van der Waals surface area contributed by atoms with E-state index in [2.05, 4.69) is 26.6 Å². The molecule has 3 nitrogen and oxygen atoms in total. The minimum Gasteiger partial charge on any atom is -0.349 e. The van der Waals surface area contributed by atoms with Gasteiger partial charge in [0.15, 0.2) is 0 Å². The van der Waals surface area contributed by atoms with Crippen molar-refractivity contribution < 1.29 is 4.79 Å². The van der Waals surface area contributed by atoms with E-state index in [1.807, 2.05) is 25.1 Å². The van der Waals surface area contributed by atoms with E-state index >= 15 is 0 Å². The lowest BCUT2D eigenvalue weighted by Crippen LogP contribution is -2.32. The van der Waals surface area contributed by atoms with Crippen molar-refractivity contribution in [1.82, 2.24) is 10.6 Å². The highest BCUT2D eigenvalue weighted by molar-refractivity contribution is 9.10. The molecule has 4 heteroatoms. The second-order valence-electron chi connectivity index (χ2n) is 5.00. The number of hydrogen-bond donors (Lipinski definition) is 2. The first kappa shape index (κ1) is 11.2. The van der Waals surface area contributed by atoms with E-state index in [1.165, 1.54) is 0 Å². The first-order valence-corrected chi connectivity index (χ1v) is 6.73. The van der Waals surface area contributed by atoms with E-state index in [1.54, 1.807) is 0 Å². The Hall–Kier alpha value is -0.870. The molecule has 2 atom stereocenters. The predicted molar refractivity (Wildman–Crippen MR) is 70.0 cm³/mol. The summed E-state index contributed by atoms with van der Waals surface area (Å²) < 4.78 is 0.959. The average Bonchev–Trinajstić information content (AvgIpc) is 2.73. The van der Waals surface area contributed by atoms with Crippen LogP contribution in [0, 0.1) is 18.8 Å². The topological polar surface area (TPSA) is 41.1 Å². The second kappa shape index (κ2) is 4.10. The van der Waals surface area contributed by atoms with Crippen LogP contribution in [0.15, 0.2) is 22.7 Å². The van der Waals surface area contributed by atoms with Crippen LogP contribution in [0.4, 0.5) is 0 Å². The number of rotatable bonds is 2. The molecule has 2 aliphatic rings. The van der Waals surface area contributed by atoms with Gasteiger partial charge in [0.25, 0.3) is 5.91 Å². The average molecular weight is 295 g/mol. The largest absolute Gasteiger partial charge is 0.349 e. The highest BCUT2D eigenvalue weighted by Crippen LogP contribution is 2.41. The van der Waals surface area contributed by atoms with Crippen molar-refractivity contribution in [3.8, 4) is 0 Å². The monoisotopic (exact) mass is 294 g/mol. The van der Waals surface area contributed by atoms with E-state index in [-0.39, 0.29) is 5.91 Å². The first-order chi connectivity index (χ1) is 8.15. The van der Waals surface area contributed by atoms with E-state index in [9.17, 15) is 4.79 Å². The third-order valence-corrected chi connectivity index (χ3v) is 4.15. The molecule has 1 aliphatic carbocycles. The van der Waals surface area contributed by atoms with Crippen molar-refractivity contribution in [1.29, 1.82) is 0 Å². The number of aryl methyl sites for hydroxylation is 1. The molecule has 0 spiro atoms. The summed E-state index contributed by atoms with van der Waals surface area (Å²) in [6.45, 7) is 4.09. The molecule has 1 aliphatic heterocycles. The molecule has 1 amide bonds. The molecule has 2 unspecified atom stereocenters. The summed E-state index contributed by atoms with van der Waals surface area (Å²) in [7, 11) is 0. The van der Waals surface area contributed by atoms with Crippen molar-refractivity contribution in [2.45, 2.75) is 13.0 Å². The molecular weight excluding hydrogens is 280 g/mol. The SMILES string of the molecule is Cc1cc(Br)cc(C(=O)NC2C3CNCC32)c1. The summed E-state index contributed by atoms with van der Waals surface area (Å²) in [5, 5.41) is 6.45. The van der Waals surface area contributed by atoms with Crippen LogP contribution in [0.5, 0.6) is 0 Å². The number of nitrogens with one attached hydrogen (secondary N) is 2. The summed E-state index contributed by atoms with van der Waals surface area (Å²) in [5.74, 6) is 1.37. The Kier molecular flexibility index (Phi) is 2.71. The summed E-state index contributed by atoms with van der Waals surface area (Å²) >= 11 is 3.42. The molecule has 1 saturated heterocycles. The minimum atomic E-state index is 0.0498. The Morgan fingerprint density at radius 3 is 2.71 bits per heavy atom. The molecule has 2 N–H and O–H groups in total. The number of fused-ring (bicyclic) bond motifs is 1. The van der Waals surface area contributed by atoms with Crippen molar-refractivity contribution >= 4 is 21.8 Å². The summed E-state index contributed by atoms with van der Waals surface area (Å²) in [6, 6.07) is 6.20. The Morgan fingerprint density at radius 1 is 1.35 bits per heavy atom. The van der Waals surface area contributed by atoms with E-state index in [0.29, 0.717) is 17.9 Å². The molecule has 1 aromatic carbocycles. The number of benzene rings is 1. The Morgan fingerprint density at radius 2 is 2.06 bits per heavy atom. The fourth-order valence-corrected chi connectivity index (χ4v) is 3.34. The summed E-state index contributed by atoms with van der Waals surface area (Å²) in [6.07, 6.45) is 0. The smallest absolute Gasteiger partial charge is 0.251 e. The number of amides is 1. The van der Waals surface area contributed by atoms with Crippen LogP contribution in [-0.2, 0) is 0 Å². The van der Waals surface area contributed by atoms with Crippen molar-refractivity contribution in [3.05, 3.63) is 33.8 Å². The van der Waals surface area contributed by atoms with E-state index in [4.69, 9.17) is 0 Å². The maximum absolute atomic E-state index is 12.1. The molecule has 1 aromatic rings. The highest BCUT2D eigenvalue weighted by atomic mass is 79.9. The third-order valence-electron chi connectivity index (χ3n) is 3.69. The number of carbonyl (C=O) groups excluding carboxylic acids is 1. The zero-order chi connectivity index (χ0) is 12.0. The first-order valence-electron chi connectivity index (χ1n) is 5.94. The zero-order valence-corrected chi connectivity index (χ0v) is 11.3. The molecular formula is C13H15BrN2O. The zero-order valence-electron chi connectivity index (χ0n) is 9.66. The number of halogens is 1. The van der Waals surface area contributed by atoms with Crippen LogP contribution >= 0.6 is 15.9 Å². The lowest BCUT2D eigenvalue weighted by Gasteiger charge is -2.08. The van der Waals surface area contributed by atoms with Crippen LogP contribution in [-0.4, -0.2) is 25.0 Å². The van der Waals surface area contributed by atoms with E-state index in [0.717, 1.165) is 28.7 Å². The maximum Gasteiger partial charge on any atom is 0.251 e. The molecule has 2 fully saturated rings. The van der Waals surface area contributed by atoms with Crippen LogP contribution in [0.1, 0.15) is 15.9 Å². The molecule has 3 rings (SSSR count). The number of carbonyl (C=O) groups is 1. The Balaban J connectivity index is 1.69. The van der Waals surface area contributed by atoms with Crippen LogP contribution < -0.4 is 10.6 Å². The van der Waals surface area contributed by atoms with Crippen LogP contribution in [0.2, 0.25) is 0 Å². The maximum atomic E-state index is 12.1. The van der Waals surface area contributed by atoms with Gasteiger partial charge in [-0.15, -0.1) is 0 Å². The number of hydrogen-bond acceptors (Lipinski definition) is 2. The highest BCUT2D eigenvalue weighted by Gasteiger charge is 2.53. The fourth-order valence-electron chi connectivity index (χ4n) is 2.73. The predicted octanol–water partition coefficient (Wildman–Crippen LogP) is 1.71. The van der Waals surface area contributed by atoms with Crippen LogP contribution in [0.3, 0.4) is 0 Å². The summed E-state index contributed by atoms with van der Waals surface area (Å²) in [5.41, 5.74) is 1.84. The van der Waals surface area contributed by atoms with Gasteiger partial charge in [-0.3, -0.25) is 4.79 Å². The van der Waals surface area contributed by atoms with Gasteiger partial charge in [0.1, 0.15) is 0 Å². The third kappa shape index (κ3) is 2.11. The van der Waals surface area contributed by atoms with Gasteiger partial charge in [-0.1, -0.05) is 15.9 Å². The molecule has 90 valence electrons. The van der Waals surface area contributed by atoms with Gasteiger partial charge in [-0.2, -0.15) is 0 Å². The van der Waals surface area contributed by atoms with Crippen molar-refractivity contribution in [2.75, 3.05) is 13.1 Å². The molecule has 0 aromatic heterocycles. The van der Waals surface area contributed by atoms with Gasteiger partial charge in [-0.25, -0.2) is 0 Å². The van der Waals surface area contributed by atoms with Crippen LogP contribution in [0.25, 0.3) is 0 Å². The Bertz CT molecular complexity index is 444. The molecule has 0 bridgehead atoms. The minimum absolute atomic E-state index is 0.0498. The quantitative estimate of drug-likeness (QED) is 0.872. The lowest BCUT2D eigenvalue weighted by molar-refractivity contribution is 0.0946. The van der Waals surface area contributed by atoms with Crippen molar-refractivity contribution in [2.24, 2.45) is 11.8 Å². The van der Waals surface area contributed by atoms with Gasteiger partial charge in [-0.05, 0) is 42.5 Å².